The van der Waals surface area contributed by atoms with Crippen molar-refractivity contribution < 1.29 is 18.9 Å². The smallest absolute Gasteiger partial charge is 0.231 e. The van der Waals surface area contributed by atoms with Crippen LogP contribution in [0.1, 0.15) is 12.0 Å². The summed E-state index contributed by atoms with van der Waals surface area (Å²) in [5.41, 5.74) is 1.02. The highest BCUT2D eigenvalue weighted by molar-refractivity contribution is 5.51. The van der Waals surface area contributed by atoms with Gasteiger partial charge < -0.3 is 24.3 Å². The number of hydrogen-bond donors (Lipinski definition) is 1. The van der Waals surface area contributed by atoms with E-state index in [0.717, 1.165) is 23.6 Å². The molecule has 0 aromatic heterocycles. The molecule has 5 nitrogen and oxygen atoms in total. The van der Waals surface area contributed by atoms with Gasteiger partial charge in [-0.1, -0.05) is 0 Å². The van der Waals surface area contributed by atoms with Crippen LogP contribution < -0.4 is 19.5 Å². The number of nitrogens with one attached hydrogen (secondary N) is 1. The van der Waals surface area contributed by atoms with Gasteiger partial charge >= 0.3 is 0 Å². The highest BCUT2D eigenvalue weighted by atomic mass is 16.7. The van der Waals surface area contributed by atoms with E-state index >= 15 is 0 Å². The Labute approximate surface area is 119 Å². The van der Waals surface area contributed by atoms with Gasteiger partial charge in [0.15, 0.2) is 11.5 Å². The van der Waals surface area contributed by atoms with E-state index in [-0.39, 0.29) is 6.79 Å². The summed E-state index contributed by atoms with van der Waals surface area (Å²) in [6, 6.07) is 3.79. The van der Waals surface area contributed by atoms with Crippen molar-refractivity contribution in [2.45, 2.75) is 13.0 Å². The molecule has 1 aliphatic rings. The highest BCUT2D eigenvalue weighted by Gasteiger charge is 2.17. The lowest BCUT2D eigenvalue weighted by atomic mass is 10.1. The van der Waals surface area contributed by atoms with Crippen LogP contribution in [0.5, 0.6) is 17.2 Å². The molecule has 0 unspecified atom stereocenters. The number of benzene rings is 1. The zero-order valence-electron chi connectivity index (χ0n) is 11.6. The minimum absolute atomic E-state index is 0.250. The first-order valence-electron chi connectivity index (χ1n) is 6.53. The van der Waals surface area contributed by atoms with Gasteiger partial charge in [-0.2, -0.15) is 0 Å². The fourth-order valence-corrected chi connectivity index (χ4v) is 1.86. The number of terminal acetylenes is 1. The van der Waals surface area contributed by atoms with Crippen LogP contribution in [0.2, 0.25) is 0 Å². The molecular weight excluding hydrogens is 258 g/mol. The second kappa shape index (κ2) is 7.63. The maximum absolute atomic E-state index is 5.71. The van der Waals surface area contributed by atoms with E-state index in [1.807, 2.05) is 12.1 Å². The highest BCUT2D eigenvalue weighted by Crippen LogP contribution is 2.38. The summed E-state index contributed by atoms with van der Waals surface area (Å²) in [5.74, 6) is 4.79. The maximum Gasteiger partial charge on any atom is 0.231 e. The van der Waals surface area contributed by atoms with Gasteiger partial charge in [-0.3, -0.25) is 0 Å². The average Bonchev–Trinajstić information content (AvgIpc) is 2.91. The molecule has 0 bridgehead atoms. The molecule has 2 rings (SSSR count). The average molecular weight is 277 g/mol. The predicted octanol–water partition coefficient (Wildman–Crippen LogP) is 1.55. The standard InChI is InChI=1S/C15H19NO4/c1-3-4-6-18-13-9-15-14(19-11-20-15)8-12(13)10-16-5-7-17-2/h1,8-9,16H,4-7,10-11H2,2H3. The van der Waals surface area contributed by atoms with Gasteiger partial charge in [-0.25, -0.2) is 0 Å². The summed E-state index contributed by atoms with van der Waals surface area (Å²) in [6.45, 7) is 2.85. The van der Waals surface area contributed by atoms with Gasteiger partial charge in [-0.05, 0) is 6.07 Å². The Morgan fingerprint density at radius 3 is 2.85 bits per heavy atom. The SMILES string of the molecule is C#CCCOc1cc2c(cc1CNCCOC)OCO2. The Kier molecular flexibility index (Phi) is 5.54. The molecule has 1 N–H and O–H groups in total. The Bertz CT molecular complexity index is 481. The van der Waals surface area contributed by atoms with E-state index in [9.17, 15) is 0 Å². The van der Waals surface area contributed by atoms with E-state index in [0.29, 0.717) is 31.9 Å². The fourth-order valence-electron chi connectivity index (χ4n) is 1.86. The van der Waals surface area contributed by atoms with Gasteiger partial charge in [0.05, 0.1) is 13.2 Å². The summed E-state index contributed by atoms with van der Waals surface area (Å²) in [7, 11) is 1.68. The number of hydrogen-bond acceptors (Lipinski definition) is 5. The largest absolute Gasteiger partial charge is 0.492 e. The maximum atomic E-state index is 5.71. The monoisotopic (exact) mass is 277 g/mol. The van der Waals surface area contributed by atoms with Gasteiger partial charge in [-0.15, -0.1) is 12.3 Å². The molecule has 0 saturated carbocycles. The summed E-state index contributed by atoms with van der Waals surface area (Å²) in [5, 5.41) is 3.28. The van der Waals surface area contributed by atoms with E-state index in [1.54, 1.807) is 7.11 Å². The Morgan fingerprint density at radius 2 is 2.10 bits per heavy atom. The van der Waals surface area contributed by atoms with Crippen molar-refractivity contribution in [1.29, 1.82) is 0 Å². The van der Waals surface area contributed by atoms with Crippen molar-refractivity contribution in [2.24, 2.45) is 0 Å². The minimum Gasteiger partial charge on any atom is -0.492 e. The van der Waals surface area contributed by atoms with Crippen LogP contribution >= 0.6 is 0 Å². The van der Waals surface area contributed by atoms with Crippen LogP contribution in [-0.2, 0) is 11.3 Å². The lowest BCUT2D eigenvalue weighted by Gasteiger charge is -2.12. The first kappa shape index (κ1) is 14.5. The first-order chi connectivity index (χ1) is 9.85. The third kappa shape index (κ3) is 3.80. The third-order valence-corrected chi connectivity index (χ3v) is 2.86. The fraction of sp³-hybridized carbons (Fsp3) is 0.467. The second-order valence-corrected chi connectivity index (χ2v) is 4.29. The Morgan fingerprint density at radius 1 is 1.30 bits per heavy atom. The molecule has 1 aromatic rings. The second-order valence-electron chi connectivity index (χ2n) is 4.29. The summed E-state index contributed by atoms with van der Waals surface area (Å²) in [6.07, 6.45) is 5.81. The van der Waals surface area contributed by atoms with Gasteiger partial charge in [0.2, 0.25) is 6.79 Å². The van der Waals surface area contributed by atoms with Crippen LogP contribution in [-0.4, -0.2) is 33.7 Å². The van der Waals surface area contributed by atoms with Crippen LogP contribution in [0.15, 0.2) is 12.1 Å². The lowest BCUT2D eigenvalue weighted by Crippen LogP contribution is -2.19. The molecule has 0 spiro atoms. The topological polar surface area (TPSA) is 49.0 Å². The lowest BCUT2D eigenvalue weighted by molar-refractivity contribution is 0.173. The molecule has 0 saturated heterocycles. The van der Waals surface area contributed by atoms with E-state index in [2.05, 4.69) is 11.2 Å². The van der Waals surface area contributed by atoms with Crippen LogP contribution in [0.4, 0.5) is 0 Å². The van der Waals surface area contributed by atoms with Crippen LogP contribution in [0.25, 0.3) is 0 Å². The third-order valence-electron chi connectivity index (χ3n) is 2.86. The van der Waals surface area contributed by atoms with Crippen LogP contribution in [0, 0.1) is 12.3 Å². The predicted molar refractivity (Wildman–Crippen MR) is 75.1 cm³/mol. The summed E-state index contributed by atoms with van der Waals surface area (Å²) >= 11 is 0. The van der Waals surface area contributed by atoms with E-state index in [1.165, 1.54) is 0 Å². The number of methoxy groups -OCH3 is 1. The molecule has 108 valence electrons. The van der Waals surface area contributed by atoms with E-state index < -0.39 is 0 Å². The number of rotatable bonds is 8. The van der Waals surface area contributed by atoms with E-state index in [4.69, 9.17) is 25.4 Å². The molecule has 0 fully saturated rings. The molecule has 0 amide bonds. The van der Waals surface area contributed by atoms with Crippen molar-refractivity contribution in [3.8, 4) is 29.6 Å². The van der Waals surface area contributed by atoms with Crippen molar-refractivity contribution in [1.82, 2.24) is 5.32 Å². The number of fused-ring (bicyclic) bond motifs is 1. The molecule has 5 heteroatoms. The molecule has 0 radical (unpaired) electrons. The first-order valence-corrected chi connectivity index (χ1v) is 6.53. The zero-order valence-corrected chi connectivity index (χ0v) is 11.6. The zero-order chi connectivity index (χ0) is 14.2. The molecule has 1 aliphatic heterocycles. The summed E-state index contributed by atoms with van der Waals surface area (Å²) < 4.78 is 21.5. The molecule has 0 aliphatic carbocycles. The van der Waals surface area contributed by atoms with Gasteiger partial charge in [0, 0.05) is 38.2 Å². The van der Waals surface area contributed by atoms with Crippen LogP contribution in [0.3, 0.4) is 0 Å². The normalized spacial score (nSPS) is 12.2. The summed E-state index contributed by atoms with van der Waals surface area (Å²) in [4.78, 5) is 0. The minimum atomic E-state index is 0.250. The van der Waals surface area contributed by atoms with Gasteiger partial charge in [0.1, 0.15) is 5.75 Å². The van der Waals surface area contributed by atoms with Crippen molar-refractivity contribution in [2.75, 3.05) is 33.7 Å². The quantitative estimate of drug-likeness (QED) is 0.577. The Balaban J connectivity index is 2.04. The molecule has 1 heterocycles. The van der Waals surface area contributed by atoms with Crippen molar-refractivity contribution in [3.63, 3.8) is 0 Å². The van der Waals surface area contributed by atoms with Crippen molar-refractivity contribution in [3.05, 3.63) is 17.7 Å². The molecule has 20 heavy (non-hydrogen) atoms. The Hall–Kier alpha value is -1.90. The molecular formula is C15H19NO4. The van der Waals surface area contributed by atoms with Gasteiger partial charge in [0.25, 0.3) is 0 Å². The van der Waals surface area contributed by atoms with Crippen molar-refractivity contribution >= 4 is 0 Å². The molecule has 1 aromatic carbocycles. The molecule has 0 atom stereocenters. The number of ether oxygens (including phenoxy) is 4.